The molecular weight excluding hydrogens is 302 g/mol. The second-order valence-corrected chi connectivity index (χ2v) is 5.58. The highest BCUT2D eigenvalue weighted by atomic mass is 16.2. The van der Waals surface area contributed by atoms with E-state index in [1.54, 1.807) is 40.3 Å². The van der Waals surface area contributed by atoms with Crippen molar-refractivity contribution in [3.63, 3.8) is 0 Å². The van der Waals surface area contributed by atoms with Crippen LogP contribution in [0.2, 0.25) is 0 Å². The van der Waals surface area contributed by atoms with Crippen molar-refractivity contribution in [2.75, 3.05) is 26.2 Å². The van der Waals surface area contributed by atoms with E-state index in [-0.39, 0.29) is 11.8 Å². The van der Waals surface area contributed by atoms with Crippen LogP contribution in [0.5, 0.6) is 0 Å². The SMILES string of the molecule is O=C(/C=C/c1ccccc1)N1CCN(C(=O)c2ccccn2)CC1. The van der Waals surface area contributed by atoms with E-state index in [4.69, 9.17) is 0 Å². The van der Waals surface area contributed by atoms with Gasteiger partial charge in [-0.25, -0.2) is 0 Å². The van der Waals surface area contributed by atoms with Gasteiger partial charge in [-0.2, -0.15) is 0 Å². The number of amides is 2. The average Bonchev–Trinajstić information content (AvgIpc) is 2.67. The summed E-state index contributed by atoms with van der Waals surface area (Å²) in [6, 6.07) is 15.0. The van der Waals surface area contributed by atoms with Gasteiger partial charge < -0.3 is 9.80 Å². The Hall–Kier alpha value is -2.95. The van der Waals surface area contributed by atoms with Crippen LogP contribution in [0.1, 0.15) is 16.1 Å². The number of rotatable bonds is 3. The molecule has 3 rings (SSSR count). The zero-order valence-corrected chi connectivity index (χ0v) is 13.3. The van der Waals surface area contributed by atoms with Crippen molar-refractivity contribution in [2.45, 2.75) is 0 Å². The molecule has 1 aliphatic heterocycles. The predicted molar refractivity (Wildman–Crippen MR) is 92.2 cm³/mol. The molecule has 0 unspecified atom stereocenters. The highest BCUT2D eigenvalue weighted by Crippen LogP contribution is 2.08. The number of carbonyl (C=O) groups is 2. The minimum atomic E-state index is -0.0810. The van der Waals surface area contributed by atoms with Gasteiger partial charge in [0.05, 0.1) is 0 Å². The molecule has 122 valence electrons. The number of pyridine rings is 1. The van der Waals surface area contributed by atoms with Crippen molar-refractivity contribution < 1.29 is 9.59 Å². The molecule has 2 heterocycles. The monoisotopic (exact) mass is 321 g/mol. The molecule has 0 radical (unpaired) electrons. The van der Waals surface area contributed by atoms with Crippen LogP contribution in [0.25, 0.3) is 6.08 Å². The lowest BCUT2D eigenvalue weighted by atomic mass is 10.2. The third-order valence-electron chi connectivity index (χ3n) is 3.98. The second kappa shape index (κ2) is 7.55. The van der Waals surface area contributed by atoms with Crippen molar-refractivity contribution in [3.8, 4) is 0 Å². The van der Waals surface area contributed by atoms with Crippen molar-refractivity contribution in [2.24, 2.45) is 0 Å². The van der Waals surface area contributed by atoms with Crippen LogP contribution in [0, 0.1) is 0 Å². The molecule has 0 saturated carbocycles. The lowest BCUT2D eigenvalue weighted by Gasteiger charge is -2.34. The van der Waals surface area contributed by atoms with Gasteiger partial charge in [0.25, 0.3) is 5.91 Å². The number of aromatic nitrogens is 1. The Balaban J connectivity index is 1.54. The van der Waals surface area contributed by atoms with Gasteiger partial charge in [-0.1, -0.05) is 36.4 Å². The lowest BCUT2D eigenvalue weighted by Crippen LogP contribution is -2.50. The third-order valence-corrected chi connectivity index (χ3v) is 3.98. The van der Waals surface area contributed by atoms with Crippen LogP contribution in [-0.2, 0) is 4.79 Å². The standard InChI is InChI=1S/C19H19N3O2/c23-18(10-9-16-6-2-1-3-7-16)21-12-14-22(15-13-21)19(24)17-8-4-5-11-20-17/h1-11H,12-15H2/b10-9+. The molecule has 0 bridgehead atoms. The normalized spacial score (nSPS) is 14.8. The lowest BCUT2D eigenvalue weighted by molar-refractivity contribution is -0.127. The van der Waals surface area contributed by atoms with E-state index in [0.29, 0.717) is 31.9 Å². The molecule has 5 nitrogen and oxygen atoms in total. The Morgan fingerprint density at radius 2 is 1.54 bits per heavy atom. The van der Waals surface area contributed by atoms with E-state index < -0.39 is 0 Å². The Bertz CT molecular complexity index is 721. The summed E-state index contributed by atoms with van der Waals surface area (Å²) in [5, 5.41) is 0. The van der Waals surface area contributed by atoms with Gasteiger partial charge in [0.1, 0.15) is 5.69 Å². The summed E-state index contributed by atoms with van der Waals surface area (Å²) in [7, 11) is 0. The van der Waals surface area contributed by atoms with Crippen molar-refractivity contribution >= 4 is 17.9 Å². The quantitative estimate of drug-likeness (QED) is 0.813. The van der Waals surface area contributed by atoms with Crippen LogP contribution in [-0.4, -0.2) is 52.8 Å². The first-order chi connectivity index (χ1) is 11.7. The second-order valence-electron chi connectivity index (χ2n) is 5.58. The van der Waals surface area contributed by atoms with E-state index in [1.807, 2.05) is 36.4 Å². The minimum Gasteiger partial charge on any atom is -0.336 e. The molecule has 2 aromatic rings. The van der Waals surface area contributed by atoms with Crippen molar-refractivity contribution in [1.82, 2.24) is 14.8 Å². The molecule has 2 amide bonds. The molecule has 24 heavy (non-hydrogen) atoms. The van der Waals surface area contributed by atoms with E-state index in [2.05, 4.69) is 4.98 Å². The fraction of sp³-hybridized carbons (Fsp3) is 0.211. The molecule has 0 aliphatic carbocycles. The first kappa shape index (κ1) is 15.9. The summed E-state index contributed by atoms with van der Waals surface area (Å²) < 4.78 is 0. The van der Waals surface area contributed by atoms with E-state index in [0.717, 1.165) is 5.56 Å². The number of hydrogen-bond acceptors (Lipinski definition) is 3. The van der Waals surface area contributed by atoms with Crippen LogP contribution in [0.15, 0.2) is 60.8 Å². The first-order valence-corrected chi connectivity index (χ1v) is 7.96. The van der Waals surface area contributed by atoms with Gasteiger partial charge in [0.2, 0.25) is 5.91 Å². The van der Waals surface area contributed by atoms with Crippen LogP contribution >= 0.6 is 0 Å². The number of hydrogen-bond donors (Lipinski definition) is 0. The molecule has 1 aromatic carbocycles. The van der Waals surface area contributed by atoms with Crippen LogP contribution < -0.4 is 0 Å². The maximum Gasteiger partial charge on any atom is 0.272 e. The zero-order valence-electron chi connectivity index (χ0n) is 13.3. The summed E-state index contributed by atoms with van der Waals surface area (Å²) in [5.74, 6) is -0.105. The molecular formula is C19H19N3O2. The summed E-state index contributed by atoms with van der Waals surface area (Å²) in [6.07, 6.45) is 5.01. The third kappa shape index (κ3) is 3.87. The average molecular weight is 321 g/mol. The van der Waals surface area contributed by atoms with E-state index >= 15 is 0 Å². The Kier molecular flexibility index (Phi) is 5.01. The van der Waals surface area contributed by atoms with Gasteiger partial charge in [0, 0.05) is 38.5 Å². The smallest absolute Gasteiger partial charge is 0.272 e. The number of carbonyl (C=O) groups excluding carboxylic acids is 2. The number of piperazine rings is 1. The summed E-state index contributed by atoms with van der Waals surface area (Å²) >= 11 is 0. The van der Waals surface area contributed by atoms with E-state index in [9.17, 15) is 9.59 Å². The highest BCUT2D eigenvalue weighted by Gasteiger charge is 2.24. The fourth-order valence-electron chi connectivity index (χ4n) is 2.62. The van der Waals surface area contributed by atoms with Gasteiger partial charge in [0.15, 0.2) is 0 Å². The molecule has 1 aliphatic rings. The van der Waals surface area contributed by atoms with E-state index in [1.165, 1.54) is 0 Å². The zero-order chi connectivity index (χ0) is 16.8. The molecule has 0 atom stereocenters. The molecule has 1 saturated heterocycles. The van der Waals surface area contributed by atoms with Gasteiger partial charge in [-0.15, -0.1) is 0 Å². The first-order valence-electron chi connectivity index (χ1n) is 7.96. The maximum absolute atomic E-state index is 12.3. The summed E-state index contributed by atoms with van der Waals surface area (Å²) in [6.45, 7) is 2.13. The van der Waals surface area contributed by atoms with Gasteiger partial charge >= 0.3 is 0 Å². The molecule has 1 aromatic heterocycles. The largest absolute Gasteiger partial charge is 0.336 e. The number of nitrogens with zero attached hydrogens (tertiary/aromatic N) is 3. The van der Waals surface area contributed by atoms with Crippen molar-refractivity contribution in [3.05, 3.63) is 72.1 Å². The summed E-state index contributed by atoms with van der Waals surface area (Å²) in [5.41, 5.74) is 1.44. The molecule has 0 spiro atoms. The Morgan fingerprint density at radius 3 is 2.21 bits per heavy atom. The van der Waals surface area contributed by atoms with Crippen LogP contribution in [0.3, 0.4) is 0 Å². The predicted octanol–water partition coefficient (Wildman–Crippen LogP) is 2.08. The number of benzene rings is 1. The van der Waals surface area contributed by atoms with Crippen molar-refractivity contribution in [1.29, 1.82) is 0 Å². The topological polar surface area (TPSA) is 53.5 Å². The van der Waals surface area contributed by atoms with Crippen LogP contribution in [0.4, 0.5) is 0 Å². The Labute approximate surface area is 141 Å². The summed E-state index contributed by atoms with van der Waals surface area (Å²) in [4.78, 5) is 32.2. The molecule has 5 heteroatoms. The van der Waals surface area contributed by atoms with Gasteiger partial charge in [-0.05, 0) is 23.8 Å². The molecule has 1 fully saturated rings. The minimum absolute atomic E-state index is 0.0243. The Morgan fingerprint density at radius 1 is 0.875 bits per heavy atom. The maximum atomic E-state index is 12.3. The highest BCUT2D eigenvalue weighted by molar-refractivity contribution is 5.93. The molecule has 0 N–H and O–H groups in total. The van der Waals surface area contributed by atoms with Gasteiger partial charge in [-0.3, -0.25) is 14.6 Å². The fourth-order valence-corrected chi connectivity index (χ4v) is 2.62.